The van der Waals surface area contributed by atoms with Crippen LogP contribution in [0.25, 0.3) is 0 Å². The van der Waals surface area contributed by atoms with Gasteiger partial charge in [-0.3, -0.25) is 4.79 Å². The number of fused-ring (bicyclic) bond motifs is 1. The highest BCUT2D eigenvalue weighted by Crippen LogP contribution is 2.32. The standard InChI is InChI=1S/C14H19N3O3/c15-14(18)9-17-5-3-16(4-6-17)8-11-1-2-12-13(7-11)20-10-19-12/h1-2,7H,3-6,8-10H2,(H2,15,18)/p+2. The van der Waals surface area contributed by atoms with Gasteiger partial charge in [0.05, 0.1) is 0 Å². The van der Waals surface area contributed by atoms with Crippen LogP contribution in [0.15, 0.2) is 18.2 Å². The summed E-state index contributed by atoms with van der Waals surface area (Å²) < 4.78 is 10.7. The van der Waals surface area contributed by atoms with Crippen molar-refractivity contribution < 1.29 is 24.1 Å². The van der Waals surface area contributed by atoms with Crippen LogP contribution in [0, 0.1) is 0 Å². The first-order valence-electron chi connectivity index (χ1n) is 7.04. The number of amides is 1. The molecule has 6 heteroatoms. The minimum atomic E-state index is -0.209. The van der Waals surface area contributed by atoms with Gasteiger partial charge in [-0.15, -0.1) is 0 Å². The summed E-state index contributed by atoms with van der Waals surface area (Å²) in [7, 11) is 0. The smallest absolute Gasteiger partial charge is 0.272 e. The highest BCUT2D eigenvalue weighted by Gasteiger charge is 2.24. The molecule has 0 aliphatic carbocycles. The number of carbonyl (C=O) groups excluding carboxylic acids is 1. The molecule has 0 unspecified atom stereocenters. The monoisotopic (exact) mass is 279 g/mol. The summed E-state index contributed by atoms with van der Waals surface area (Å²) in [5, 5.41) is 0. The van der Waals surface area contributed by atoms with Crippen molar-refractivity contribution in [2.45, 2.75) is 6.54 Å². The molecule has 2 aliphatic heterocycles. The van der Waals surface area contributed by atoms with Crippen LogP contribution in [0.5, 0.6) is 11.5 Å². The Morgan fingerprint density at radius 2 is 1.80 bits per heavy atom. The maximum absolute atomic E-state index is 10.9. The van der Waals surface area contributed by atoms with Gasteiger partial charge in [-0.1, -0.05) is 0 Å². The number of carbonyl (C=O) groups is 1. The lowest BCUT2D eigenvalue weighted by molar-refractivity contribution is -1.02. The van der Waals surface area contributed by atoms with Gasteiger partial charge in [0.25, 0.3) is 5.91 Å². The number of quaternary nitrogens is 2. The molecule has 0 atom stereocenters. The van der Waals surface area contributed by atoms with E-state index in [4.69, 9.17) is 15.2 Å². The molecule has 4 N–H and O–H groups in total. The van der Waals surface area contributed by atoms with Crippen molar-refractivity contribution in [2.75, 3.05) is 39.5 Å². The number of hydrogen-bond acceptors (Lipinski definition) is 3. The summed E-state index contributed by atoms with van der Waals surface area (Å²) in [6.45, 7) is 5.90. The SMILES string of the molecule is NC(=O)C[NH+]1CC[NH+](Cc2ccc3c(c2)OCO3)CC1. The van der Waals surface area contributed by atoms with E-state index in [2.05, 4.69) is 12.1 Å². The van der Waals surface area contributed by atoms with Crippen LogP contribution in [0.1, 0.15) is 5.56 Å². The normalized spacial score (nSPS) is 24.6. The Balaban J connectivity index is 1.53. The van der Waals surface area contributed by atoms with E-state index in [0.717, 1.165) is 44.2 Å². The molecule has 0 aromatic heterocycles. The zero-order valence-electron chi connectivity index (χ0n) is 11.5. The third kappa shape index (κ3) is 3.02. The summed E-state index contributed by atoms with van der Waals surface area (Å²) >= 11 is 0. The molecule has 2 heterocycles. The predicted molar refractivity (Wildman–Crippen MR) is 71.7 cm³/mol. The second-order valence-electron chi connectivity index (χ2n) is 5.51. The van der Waals surface area contributed by atoms with Crippen LogP contribution < -0.4 is 25.0 Å². The van der Waals surface area contributed by atoms with Crippen LogP contribution in [0.3, 0.4) is 0 Å². The fourth-order valence-corrected chi connectivity index (χ4v) is 2.90. The fourth-order valence-electron chi connectivity index (χ4n) is 2.90. The summed E-state index contributed by atoms with van der Waals surface area (Å²) in [5.74, 6) is 1.47. The Labute approximate surface area is 118 Å². The molecule has 2 aliphatic rings. The summed E-state index contributed by atoms with van der Waals surface area (Å²) in [5.41, 5.74) is 6.51. The largest absolute Gasteiger partial charge is 0.454 e. The number of primary amides is 1. The molecule has 1 aromatic carbocycles. The Bertz CT molecular complexity index is 498. The molecule has 0 spiro atoms. The number of rotatable bonds is 4. The van der Waals surface area contributed by atoms with E-state index in [-0.39, 0.29) is 5.91 Å². The molecule has 3 rings (SSSR count). The van der Waals surface area contributed by atoms with E-state index in [1.54, 1.807) is 0 Å². The number of nitrogens with two attached hydrogens (primary N) is 1. The van der Waals surface area contributed by atoms with E-state index in [9.17, 15) is 4.79 Å². The maximum atomic E-state index is 10.9. The first-order chi connectivity index (χ1) is 9.70. The fraction of sp³-hybridized carbons (Fsp3) is 0.500. The van der Waals surface area contributed by atoms with Crippen LogP contribution in [-0.4, -0.2) is 45.4 Å². The minimum absolute atomic E-state index is 0.209. The zero-order valence-corrected chi connectivity index (χ0v) is 11.5. The summed E-state index contributed by atoms with van der Waals surface area (Å²) in [4.78, 5) is 13.8. The van der Waals surface area contributed by atoms with Gasteiger partial charge < -0.3 is 25.0 Å². The van der Waals surface area contributed by atoms with Crippen molar-refractivity contribution in [3.05, 3.63) is 23.8 Å². The van der Waals surface area contributed by atoms with Crippen molar-refractivity contribution >= 4 is 5.91 Å². The molecule has 108 valence electrons. The van der Waals surface area contributed by atoms with Crippen molar-refractivity contribution in [3.63, 3.8) is 0 Å². The molecular weight excluding hydrogens is 258 g/mol. The average Bonchev–Trinajstić information content (AvgIpc) is 2.88. The summed E-state index contributed by atoms with van der Waals surface area (Å²) in [6.07, 6.45) is 0. The van der Waals surface area contributed by atoms with E-state index in [1.165, 1.54) is 15.4 Å². The lowest BCUT2D eigenvalue weighted by Gasteiger charge is -2.29. The van der Waals surface area contributed by atoms with E-state index >= 15 is 0 Å². The third-order valence-corrected chi connectivity index (χ3v) is 3.98. The molecule has 1 saturated heterocycles. The van der Waals surface area contributed by atoms with Gasteiger partial charge in [0.15, 0.2) is 18.0 Å². The molecule has 1 aromatic rings. The van der Waals surface area contributed by atoms with Crippen molar-refractivity contribution in [2.24, 2.45) is 5.73 Å². The van der Waals surface area contributed by atoms with Crippen LogP contribution in [0.2, 0.25) is 0 Å². The second kappa shape index (κ2) is 5.68. The van der Waals surface area contributed by atoms with Crippen molar-refractivity contribution in [1.29, 1.82) is 0 Å². The van der Waals surface area contributed by atoms with Crippen LogP contribution in [-0.2, 0) is 11.3 Å². The van der Waals surface area contributed by atoms with Gasteiger partial charge >= 0.3 is 0 Å². The number of ether oxygens (including phenoxy) is 2. The lowest BCUT2D eigenvalue weighted by atomic mass is 10.1. The first kappa shape index (κ1) is 13.2. The van der Waals surface area contributed by atoms with Gasteiger partial charge in [0, 0.05) is 5.56 Å². The number of benzene rings is 1. The molecule has 1 amide bonds. The average molecular weight is 279 g/mol. The van der Waals surface area contributed by atoms with Crippen molar-refractivity contribution in [1.82, 2.24) is 0 Å². The predicted octanol–water partition coefficient (Wildman–Crippen LogP) is -2.82. The molecule has 0 bridgehead atoms. The number of hydrogen-bond donors (Lipinski definition) is 3. The maximum Gasteiger partial charge on any atom is 0.272 e. The molecule has 1 fully saturated rings. The van der Waals surface area contributed by atoms with Gasteiger partial charge in [-0.25, -0.2) is 0 Å². The zero-order chi connectivity index (χ0) is 13.9. The minimum Gasteiger partial charge on any atom is -0.454 e. The molecule has 0 radical (unpaired) electrons. The quantitative estimate of drug-likeness (QED) is 0.557. The van der Waals surface area contributed by atoms with Crippen LogP contribution in [0.4, 0.5) is 0 Å². The highest BCUT2D eigenvalue weighted by atomic mass is 16.7. The van der Waals surface area contributed by atoms with E-state index < -0.39 is 0 Å². The Morgan fingerprint density at radius 1 is 1.10 bits per heavy atom. The number of nitrogens with one attached hydrogen (secondary N) is 2. The van der Waals surface area contributed by atoms with Crippen molar-refractivity contribution in [3.8, 4) is 11.5 Å². The Kier molecular flexibility index (Phi) is 3.75. The van der Waals surface area contributed by atoms with Gasteiger partial charge in [0.2, 0.25) is 6.79 Å². The van der Waals surface area contributed by atoms with E-state index in [1.807, 2.05) is 6.07 Å². The second-order valence-corrected chi connectivity index (χ2v) is 5.51. The number of piperazine rings is 1. The molecule has 20 heavy (non-hydrogen) atoms. The molecular formula is C14H21N3O3+2. The van der Waals surface area contributed by atoms with Gasteiger partial charge in [-0.05, 0) is 18.2 Å². The topological polar surface area (TPSA) is 70.4 Å². The molecule has 6 nitrogen and oxygen atoms in total. The molecule has 0 saturated carbocycles. The van der Waals surface area contributed by atoms with Gasteiger partial charge in [0.1, 0.15) is 32.7 Å². The third-order valence-electron chi connectivity index (χ3n) is 3.98. The first-order valence-corrected chi connectivity index (χ1v) is 7.04. The Hall–Kier alpha value is -1.79. The Morgan fingerprint density at radius 3 is 2.55 bits per heavy atom. The van der Waals surface area contributed by atoms with Crippen LogP contribution >= 0.6 is 0 Å². The van der Waals surface area contributed by atoms with E-state index in [0.29, 0.717) is 13.3 Å². The van der Waals surface area contributed by atoms with Gasteiger partial charge in [-0.2, -0.15) is 0 Å². The lowest BCUT2D eigenvalue weighted by Crippen LogP contribution is -3.28. The highest BCUT2D eigenvalue weighted by molar-refractivity contribution is 5.74. The summed E-state index contributed by atoms with van der Waals surface area (Å²) in [6, 6.07) is 6.15.